The van der Waals surface area contributed by atoms with Gasteiger partial charge in [-0.15, -0.1) is 0 Å². The fourth-order valence-electron chi connectivity index (χ4n) is 3.22. The Morgan fingerprint density at radius 2 is 1.85 bits per heavy atom. The van der Waals surface area contributed by atoms with Gasteiger partial charge >= 0.3 is 11.9 Å². The number of fused-ring (bicyclic) bond motifs is 5. The first-order valence-corrected chi connectivity index (χ1v) is 5.13. The minimum Gasteiger partial charge on any atom is -0.393 e. The van der Waals surface area contributed by atoms with E-state index in [1.165, 1.54) is 0 Å². The quantitative estimate of drug-likeness (QED) is 0.353. The first-order valence-electron chi connectivity index (χ1n) is 4.62. The normalized spacial score (nSPS) is 52.5. The topological polar surface area (TPSA) is 43.4 Å². The first-order chi connectivity index (χ1) is 6.18. The zero-order chi connectivity index (χ0) is 9.16. The number of cyclic esters (lactones) is 2. The Bertz CT molecular complexity index is 301. The van der Waals surface area contributed by atoms with Crippen molar-refractivity contribution in [3.63, 3.8) is 0 Å². The Kier molecular flexibility index (Phi) is 1.38. The van der Waals surface area contributed by atoms with Gasteiger partial charge in [-0.2, -0.15) is 12.6 Å². The lowest BCUT2D eigenvalue weighted by atomic mass is 9.81. The fourth-order valence-corrected chi connectivity index (χ4v) is 3.80. The van der Waals surface area contributed by atoms with Crippen LogP contribution in [-0.4, -0.2) is 17.2 Å². The molecule has 0 spiro atoms. The lowest BCUT2D eigenvalue weighted by molar-refractivity contribution is -0.154. The van der Waals surface area contributed by atoms with Crippen LogP contribution in [0.15, 0.2) is 0 Å². The molecule has 3 rings (SSSR count). The van der Waals surface area contributed by atoms with Crippen LogP contribution in [-0.2, 0) is 14.3 Å². The zero-order valence-corrected chi connectivity index (χ0v) is 7.87. The maximum atomic E-state index is 11.3. The molecule has 70 valence electrons. The fraction of sp³-hybridized carbons (Fsp3) is 0.778. The van der Waals surface area contributed by atoms with Crippen LogP contribution in [0, 0.1) is 23.7 Å². The van der Waals surface area contributed by atoms with Crippen LogP contribution in [0.3, 0.4) is 0 Å². The molecule has 0 aromatic rings. The van der Waals surface area contributed by atoms with Gasteiger partial charge in [-0.3, -0.25) is 9.59 Å². The molecule has 2 saturated carbocycles. The highest BCUT2D eigenvalue weighted by atomic mass is 32.1. The van der Waals surface area contributed by atoms with Crippen molar-refractivity contribution in [3.8, 4) is 0 Å². The number of hydrogen-bond donors (Lipinski definition) is 1. The van der Waals surface area contributed by atoms with Crippen LogP contribution >= 0.6 is 12.6 Å². The molecule has 0 aromatic carbocycles. The van der Waals surface area contributed by atoms with Gasteiger partial charge in [0, 0.05) is 5.25 Å². The third kappa shape index (κ3) is 0.822. The van der Waals surface area contributed by atoms with Crippen molar-refractivity contribution in [2.24, 2.45) is 23.7 Å². The molecular formula is C9H10O3S. The third-order valence-electron chi connectivity index (χ3n) is 3.71. The predicted molar refractivity (Wildman–Crippen MR) is 47.1 cm³/mol. The summed E-state index contributed by atoms with van der Waals surface area (Å²) in [6.07, 6.45) is 1.96. The van der Waals surface area contributed by atoms with Crippen molar-refractivity contribution in [2.75, 3.05) is 0 Å². The van der Waals surface area contributed by atoms with E-state index in [-0.39, 0.29) is 29.7 Å². The van der Waals surface area contributed by atoms with Gasteiger partial charge < -0.3 is 4.74 Å². The summed E-state index contributed by atoms with van der Waals surface area (Å²) in [5, 5.41) is 0.296. The van der Waals surface area contributed by atoms with Crippen molar-refractivity contribution in [1.29, 1.82) is 0 Å². The number of rotatable bonds is 0. The molecule has 1 heterocycles. The molecular weight excluding hydrogens is 188 g/mol. The van der Waals surface area contributed by atoms with Crippen LogP contribution in [0.25, 0.3) is 0 Å². The summed E-state index contributed by atoms with van der Waals surface area (Å²) >= 11 is 4.43. The summed E-state index contributed by atoms with van der Waals surface area (Å²) < 4.78 is 4.65. The van der Waals surface area contributed by atoms with Crippen molar-refractivity contribution in [1.82, 2.24) is 0 Å². The van der Waals surface area contributed by atoms with Gasteiger partial charge in [-0.05, 0) is 24.7 Å². The zero-order valence-electron chi connectivity index (χ0n) is 6.97. The molecule has 3 nitrogen and oxygen atoms in total. The molecule has 4 heteroatoms. The molecule has 2 bridgehead atoms. The van der Waals surface area contributed by atoms with Crippen molar-refractivity contribution >= 4 is 24.6 Å². The molecule has 3 fully saturated rings. The van der Waals surface area contributed by atoms with E-state index < -0.39 is 0 Å². The number of thiol groups is 1. The molecule has 3 aliphatic rings. The average molecular weight is 198 g/mol. The number of carbonyl (C=O) groups is 2. The Hall–Kier alpha value is -0.510. The number of carbonyl (C=O) groups excluding carboxylic acids is 2. The molecule has 0 radical (unpaired) electrons. The highest BCUT2D eigenvalue weighted by Crippen LogP contribution is 2.56. The average Bonchev–Trinajstić information content (AvgIpc) is 2.64. The lowest BCUT2D eigenvalue weighted by Gasteiger charge is -2.23. The van der Waals surface area contributed by atoms with Gasteiger partial charge in [-0.1, -0.05) is 0 Å². The molecule has 0 unspecified atom stereocenters. The van der Waals surface area contributed by atoms with Gasteiger partial charge in [0.15, 0.2) is 0 Å². The molecule has 1 aliphatic heterocycles. The molecule has 0 N–H and O–H groups in total. The second-order valence-electron chi connectivity index (χ2n) is 4.25. The Balaban J connectivity index is 2.00. The maximum Gasteiger partial charge on any atom is 0.317 e. The van der Waals surface area contributed by atoms with Crippen molar-refractivity contribution < 1.29 is 14.3 Å². The standard InChI is InChI=1S/C9H10O3S/c10-8-6-3-1-4(5(13)2-3)7(6)9(11)12-8/h3-7,13H,1-2H2/t3-,4+,5+,6+,7-/m0/s1. The number of ether oxygens (including phenoxy) is 1. The summed E-state index contributed by atoms with van der Waals surface area (Å²) in [6.45, 7) is 0. The minimum absolute atomic E-state index is 0.124. The molecule has 5 atom stereocenters. The van der Waals surface area contributed by atoms with E-state index in [4.69, 9.17) is 0 Å². The number of hydrogen-bond acceptors (Lipinski definition) is 4. The van der Waals surface area contributed by atoms with E-state index in [2.05, 4.69) is 17.4 Å². The maximum absolute atomic E-state index is 11.3. The van der Waals surface area contributed by atoms with Gasteiger partial charge in [-0.25, -0.2) is 0 Å². The molecule has 1 saturated heterocycles. The summed E-state index contributed by atoms with van der Waals surface area (Å²) in [4.78, 5) is 22.6. The molecule has 2 aliphatic carbocycles. The highest BCUT2D eigenvalue weighted by molar-refractivity contribution is 7.81. The number of esters is 2. The molecule has 0 aromatic heterocycles. The minimum atomic E-state index is -0.304. The predicted octanol–water partition coefficient (Wildman–Crippen LogP) is 0.640. The van der Waals surface area contributed by atoms with Gasteiger partial charge in [0.25, 0.3) is 0 Å². The summed E-state index contributed by atoms with van der Waals surface area (Å²) in [5.41, 5.74) is 0. The summed E-state index contributed by atoms with van der Waals surface area (Å²) in [7, 11) is 0. The van der Waals surface area contributed by atoms with E-state index in [0.717, 1.165) is 12.8 Å². The van der Waals surface area contributed by atoms with Crippen LogP contribution in [0.2, 0.25) is 0 Å². The monoisotopic (exact) mass is 198 g/mol. The summed E-state index contributed by atoms with van der Waals surface area (Å²) in [5.74, 6) is -0.229. The van der Waals surface area contributed by atoms with Crippen LogP contribution in [0.4, 0.5) is 0 Å². The first kappa shape index (κ1) is 7.85. The second kappa shape index (κ2) is 2.29. The van der Waals surface area contributed by atoms with Crippen LogP contribution < -0.4 is 0 Å². The third-order valence-corrected chi connectivity index (χ3v) is 4.31. The van der Waals surface area contributed by atoms with E-state index in [9.17, 15) is 9.59 Å². The van der Waals surface area contributed by atoms with Gasteiger partial charge in [0.2, 0.25) is 0 Å². The second-order valence-corrected chi connectivity index (χ2v) is 4.92. The smallest absolute Gasteiger partial charge is 0.317 e. The Labute approximate surface area is 81.2 Å². The van der Waals surface area contributed by atoms with Crippen molar-refractivity contribution in [3.05, 3.63) is 0 Å². The highest BCUT2D eigenvalue weighted by Gasteiger charge is 2.62. The molecule has 13 heavy (non-hydrogen) atoms. The molecule has 0 amide bonds. The van der Waals surface area contributed by atoms with E-state index in [1.54, 1.807) is 0 Å². The van der Waals surface area contributed by atoms with Crippen molar-refractivity contribution in [2.45, 2.75) is 18.1 Å². The van der Waals surface area contributed by atoms with E-state index >= 15 is 0 Å². The summed E-state index contributed by atoms with van der Waals surface area (Å²) in [6, 6.07) is 0. The largest absolute Gasteiger partial charge is 0.393 e. The Morgan fingerprint density at radius 3 is 2.62 bits per heavy atom. The van der Waals surface area contributed by atoms with Crippen LogP contribution in [0.1, 0.15) is 12.8 Å². The lowest BCUT2D eigenvalue weighted by Crippen LogP contribution is -2.30. The van der Waals surface area contributed by atoms with Gasteiger partial charge in [0.05, 0.1) is 11.8 Å². The SMILES string of the molecule is O=C1OC(=O)[C@H]2[C@@H]3C[C@@H](C[C@H]3S)[C@@H]12. The van der Waals surface area contributed by atoms with Gasteiger partial charge in [0.1, 0.15) is 0 Å². The van der Waals surface area contributed by atoms with Crippen LogP contribution in [0.5, 0.6) is 0 Å². The van der Waals surface area contributed by atoms with E-state index in [1.807, 2.05) is 0 Å². The Morgan fingerprint density at radius 1 is 1.15 bits per heavy atom. The van der Waals surface area contributed by atoms with E-state index in [0.29, 0.717) is 11.2 Å².